The van der Waals surface area contributed by atoms with Gasteiger partial charge in [0.05, 0.1) is 12.1 Å². The van der Waals surface area contributed by atoms with Crippen LogP contribution in [0.3, 0.4) is 0 Å². The number of phenols is 1. The van der Waals surface area contributed by atoms with E-state index in [1.807, 2.05) is 12.1 Å². The number of aliphatic hydroxyl groups excluding tert-OH is 1. The molecule has 1 aliphatic rings. The van der Waals surface area contributed by atoms with Crippen molar-refractivity contribution in [1.82, 2.24) is 4.90 Å². The third-order valence-electron chi connectivity index (χ3n) is 6.10. The molecule has 1 saturated heterocycles. The number of aromatic hydroxyl groups is 1. The summed E-state index contributed by atoms with van der Waals surface area (Å²) in [5, 5.41) is 22.0. The Balaban J connectivity index is 1.43. The maximum absolute atomic E-state index is 13.1. The van der Waals surface area contributed by atoms with E-state index in [0.29, 0.717) is 18.4 Å². The molecule has 166 valence electrons. The number of carbonyl (C=O) groups is 2. The van der Waals surface area contributed by atoms with Crippen LogP contribution < -0.4 is 0 Å². The summed E-state index contributed by atoms with van der Waals surface area (Å²) in [7, 11) is 0. The van der Waals surface area contributed by atoms with E-state index in [2.05, 4.69) is 30.5 Å². The van der Waals surface area contributed by atoms with Crippen molar-refractivity contribution in [2.45, 2.75) is 45.3 Å². The highest BCUT2D eigenvalue weighted by Gasteiger charge is 2.39. The van der Waals surface area contributed by atoms with E-state index in [-0.39, 0.29) is 30.4 Å². The lowest BCUT2D eigenvalue weighted by molar-refractivity contribution is -0.122. The monoisotopic (exact) mass is 449 g/mol. The van der Waals surface area contributed by atoms with Gasteiger partial charge in [0.25, 0.3) is 5.91 Å². The number of β-amino-alcohol motifs (C(OH)–C–C–N with tert-alkyl or cyclic N) is 1. The highest BCUT2D eigenvalue weighted by molar-refractivity contribution is 7.13. The number of benzene rings is 2. The third kappa shape index (κ3) is 4.61. The molecule has 0 unspecified atom stereocenters. The molecule has 2 aromatic carbocycles. The summed E-state index contributed by atoms with van der Waals surface area (Å²) in [5.41, 5.74) is 4.57. The van der Waals surface area contributed by atoms with Crippen LogP contribution in [0.4, 0.5) is 0 Å². The van der Waals surface area contributed by atoms with Crippen molar-refractivity contribution < 1.29 is 19.8 Å². The summed E-state index contributed by atoms with van der Waals surface area (Å²) in [5.74, 6) is -0.377. The molecule has 0 spiro atoms. The Morgan fingerprint density at radius 1 is 1.06 bits per heavy atom. The number of aliphatic hydroxyl groups is 1. The van der Waals surface area contributed by atoms with E-state index < -0.39 is 12.1 Å². The summed E-state index contributed by atoms with van der Waals surface area (Å²) in [6.45, 7) is 4.01. The molecule has 2 atom stereocenters. The highest BCUT2D eigenvalue weighted by atomic mass is 32.1. The lowest BCUT2D eigenvalue weighted by atomic mass is 9.99. The fourth-order valence-corrected chi connectivity index (χ4v) is 5.20. The van der Waals surface area contributed by atoms with Crippen LogP contribution in [0.1, 0.15) is 39.9 Å². The van der Waals surface area contributed by atoms with Crippen molar-refractivity contribution in [3.05, 3.63) is 76.2 Å². The SMILES string of the molecule is Cc1ccc(O)cc1C(=O)N1C[C@H](O)C[C@H]1C(=O)CCc1ccc(-c2sccc2C)cc1. The van der Waals surface area contributed by atoms with Crippen LogP contribution in [0.2, 0.25) is 0 Å². The quantitative estimate of drug-likeness (QED) is 0.580. The zero-order valence-electron chi connectivity index (χ0n) is 18.2. The molecular weight excluding hydrogens is 422 g/mol. The van der Waals surface area contributed by atoms with Gasteiger partial charge in [-0.05, 0) is 66.1 Å². The number of Topliss-reactive ketones (excluding diaryl/α,β-unsaturated/α-hetero) is 1. The van der Waals surface area contributed by atoms with Gasteiger partial charge in [0, 0.05) is 29.8 Å². The largest absolute Gasteiger partial charge is 0.508 e. The molecule has 6 heteroatoms. The van der Waals surface area contributed by atoms with Gasteiger partial charge >= 0.3 is 0 Å². The number of aryl methyl sites for hydroxylation is 3. The molecule has 0 saturated carbocycles. The molecule has 2 heterocycles. The molecule has 1 aliphatic heterocycles. The minimum atomic E-state index is -0.723. The Morgan fingerprint density at radius 3 is 2.50 bits per heavy atom. The van der Waals surface area contributed by atoms with Gasteiger partial charge in [-0.15, -0.1) is 11.3 Å². The maximum Gasteiger partial charge on any atom is 0.254 e. The van der Waals surface area contributed by atoms with Crippen molar-refractivity contribution in [3.8, 4) is 16.2 Å². The van der Waals surface area contributed by atoms with Crippen molar-refractivity contribution in [2.75, 3.05) is 6.54 Å². The standard InChI is InChI=1S/C26H27NO4S/c1-16-3-9-20(28)13-22(16)26(31)27-15-21(29)14-23(27)24(30)10-6-18-4-7-19(8-5-18)25-17(2)11-12-32-25/h3-5,7-9,11-13,21,23,28-29H,6,10,14-15H2,1-2H3/t21-,23+/m1/s1. The molecule has 0 radical (unpaired) electrons. The Bertz CT molecular complexity index is 1130. The Hall–Kier alpha value is -2.96. The number of likely N-dealkylation sites (tertiary alicyclic amines) is 1. The number of hydrogen-bond acceptors (Lipinski definition) is 5. The van der Waals surface area contributed by atoms with Crippen LogP contribution in [-0.2, 0) is 11.2 Å². The number of ketones is 1. The van der Waals surface area contributed by atoms with Crippen molar-refractivity contribution in [3.63, 3.8) is 0 Å². The summed E-state index contributed by atoms with van der Waals surface area (Å²) in [4.78, 5) is 28.8. The molecular formula is C26H27NO4S. The number of thiophene rings is 1. The predicted octanol–water partition coefficient (Wildman–Crippen LogP) is 4.51. The Labute approximate surface area is 192 Å². The number of rotatable bonds is 6. The summed E-state index contributed by atoms with van der Waals surface area (Å²) in [6.07, 6.45) is 0.415. The normalized spacial score (nSPS) is 18.2. The minimum Gasteiger partial charge on any atom is -0.508 e. The molecule has 0 aliphatic carbocycles. The van der Waals surface area contributed by atoms with Gasteiger partial charge in [0.2, 0.25) is 0 Å². The molecule has 3 aromatic rings. The zero-order chi connectivity index (χ0) is 22.8. The fraction of sp³-hybridized carbons (Fsp3) is 0.308. The third-order valence-corrected chi connectivity index (χ3v) is 7.17. The second-order valence-corrected chi connectivity index (χ2v) is 9.37. The molecule has 5 nitrogen and oxygen atoms in total. The van der Waals surface area contributed by atoms with Crippen molar-refractivity contribution in [2.24, 2.45) is 0 Å². The second-order valence-electron chi connectivity index (χ2n) is 8.46. The van der Waals surface area contributed by atoms with Gasteiger partial charge in [0.15, 0.2) is 5.78 Å². The first-order valence-corrected chi connectivity index (χ1v) is 11.7. The Morgan fingerprint density at radius 2 is 1.81 bits per heavy atom. The topological polar surface area (TPSA) is 77.8 Å². The van der Waals surface area contributed by atoms with Crippen LogP contribution >= 0.6 is 11.3 Å². The minimum absolute atomic E-state index is 0.00256. The van der Waals surface area contributed by atoms with E-state index in [1.54, 1.807) is 24.3 Å². The molecule has 2 N–H and O–H groups in total. The van der Waals surface area contributed by atoms with Crippen LogP contribution in [0.15, 0.2) is 53.9 Å². The fourth-order valence-electron chi connectivity index (χ4n) is 4.26. The number of nitrogens with zero attached hydrogens (tertiary/aromatic N) is 1. The molecule has 4 rings (SSSR count). The predicted molar refractivity (Wildman–Crippen MR) is 126 cm³/mol. The number of hydrogen-bond donors (Lipinski definition) is 2. The smallest absolute Gasteiger partial charge is 0.254 e. The van der Waals surface area contributed by atoms with Gasteiger partial charge < -0.3 is 15.1 Å². The summed E-state index contributed by atoms with van der Waals surface area (Å²) < 4.78 is 0. The van der Waals surface area contributed by atoms with Crippen LogP contribution in [-0.4, -0.2) is 45.5 Å². The summed E-state index contributed by atoms with van der Waals surface area (Å²) in [6, 6.07) is 14.3. The average molecular weight is 450 g/mol. The van der Waals surface area contributed by atoms with Crippen LogP contribution in [0.5, 0.6) is 5.75 Å². The molecule has 32 heavy (non-hydrogen) atoms. The molecule has 1 fully saturated rings. The zero-order valence-corrected chi connectivity index (χ0v) is 19.1. The lowest BCUT2D eigenvalue weighted by Gasteiger charge is -2.24. The van der Waals surface area contributed by atoms with Crippen molar-refractivity contribution in [1.29, 1.82) is 0 Å². The van der Waals surface area contributed by atoms with Gasteiger partial charge in [-0.25, -0.2) is 0 Å². The number of phenolic OH excluding ortho intramolecular Hbond substituents is 1. The Kier molecular flexibility index (Phi) is 6.44. The van der Waals surface area contributed by atoms with E-state index in [1.165, 1.54) is 33.0 Å². The second kappa shape index (κ2) is 9.27. The van der Waals surface area contributed by atoms with Crippen LogP contribution in [0, 0.1) is 13.8 Å². The van der Waals surface area contributed by atoms with E-state index in [9.17, 15) is 19.8 Å². The maximum atomic E-state index is 13.1. The molecule has 1 aromatic heterocycles. The molecule has 0 bridgehead atoms. The number of carbonyl (C=O) groups excluding carboxylic acids is 2. The van der Waals surface area contributed by atoms with E-state index >= 15 is 0 Å². The lowest BCUT2D eigenvalue weighted by Crippen LogP contribution is -2.41. The first kappa shape index (κ1) is 22.2. The van der Waals surface area contributed by atoms with E-state index in [0.717, 1.165) is 11.1 Å². The van der Waals surface area contributed by atoms with E-state index in [4.69, 9.17) is 0 Å². The van der Waals surface area contributed by atoms with Gasteiger partial charge in [-0.2, -0.15) is 0 Å². The van der Waals surface area contributed by atoms with Gasteiger partial charge in [-0.3, -0.25) is 9.59 Å². The number of amides is 1. The van der Waals surface area contributed by atoms with Gasteiger partial charge in [-0.1, -0.05) is 30.3 Å². The van der Waals surface area contributed by atoms with Crippen molar-refractivity contribution >= 4 is 23.0 Å². The molecule has 1 amide bonds. The first-order valence-electron chi connectivity index (χ1n) is 10.8. The van der Waals surface area contributed by atoms with Crippen LogP contribution in [0.25, 0.3) is 10.4 Å². The average Bonchev–Trinajstić information content (AvgIpc) is 3.39. The highest BCUT2D eigenvalue weighted by Crippen LogP contribution is 2.30. The first-order chi connectivity index (χ1) is 15.3. The van der Waals surface area contributed by atoms with Gasteiger partial charge in [0.1, 0.15) is 5.75 Å². The summed E-state index contributed by atoms with van der Waals surface area (Å²) >= 11 is 1.72.